The number of ether oxygens (including phenoxy) is 5. The van der Waals surface area contributed by atoms with Crippen LogP contribution >= 0.6 is 59.9 Å². The number of aromatic hydroxyl groups is 1. The number of rotatable bonds is 15. The molecule has 0 aromatic heterocycles. The van der Waals surface area contributed by atoms with E-state index in [2.05, 4.69) is 120 Å². The number of aliphatic hydroxyl groups is 1. The van der Waals surface area contributed by atoms with Crippen molar-refractivity contribution in [3.05, 3.63) is 206 Å². The van der Waals surface area contributed by atoms with Crippen molar-refractivity contribution in [2.24, 2.45) is 44.3 Å². The minimum Gasteiger partial charge on any atom is -0.508 e. The highest BCUT2D eigenvalue weighted by Gasteiger charge is 2.37. The fraction of sp³-hybridized carbons (Fsp3) is 0.298. The normalized spacial score (nSPS) is 17.0. The molecule has 1 atom stereocenters. The Labute approximate surface area is 791 Å². The number of nitrogens with two attached hydrogens (primary N) is 2. The Kier molecular flexibility index (Phi) is 34.5. The summed E-state index contributed by atoms with van der Waals surface area (Å²) in [6.07, 6.45) is 12.6. The molecule has 12 aliphatic rings. The van der Waals surface area contributed by atoms with Crippen molar-refractivity contribution in [2.45, 2.75) is 56.2 Å². The highest BCUT2D eigenvalue weighted by atomic mass is 127. The summed E-state index contributed by atoms with van der Waals surface area (Å²) in [5.41, 5.74) is 17.8. The lowest BCUT2D eigenvalue weighted by Gasteiger charge is -2.21. The lowest BCUT2D eigenvalue weighted by Crippen LogP contribution is -2.32. The number of sulfonamides is 2. The average molecular weight is 2130 g/mol. The Morgan fingerprint density at radius 3 is 1.17 bits per heavy atom. The average Bonchev–Trinajstić information content (AvgIpc) is 1.71. The molecule has 0 spiro atoms. The number of alkyl halides is 2. The van der Waals surface area contributed by atoms with Crippen LogP contribution in [0.3, 0.4) is 0 Å². The third-order valence-corrected chi connectivity index (χ3v) is 26.4. The quantitative estimate of drug-likeness (QED) is 0.0141. The first-order valence-electron chi connectivity index (χ1n) is 40.5. The van der Waals surface area contributed by atoms with Gasteiger partial charge in [-0.1, -0.05) is 52.4 Å². The van der Waals surface area contributed by atoms with Crippen LogP contribution in [0.5, 0.6) is 40.2 Å². The number of isocyanates is 1. The van der Waals surface area contributed by atoms with Gasteiger partial charge in [0.1, 0.15) is 106 Å². The number of phenolic OH excluding ortho intramolecular Hbond substituents is 1. The van der Waals surface area contributed by atoms with E-state index in [1.165, 1.54) is 84.2 Å². The molecule has 36 nitrogen and oxygen atoms in total. The van der Waals surface area contributed by atoms with Crippen LogP contribution in [0.2, 0.25) is 0 Å². The third kappa shape index (κ3) is 27.5. The number of nitrogens with zero attached hydrogens (tertiary/aromatic N) is 16. The molecule has 704 valence electrons. The molecule has 1 saturated carbocycles. The first-order valence-corrected chi connectivity index (χ1v) is 50.4. The molecule has 8 aromatic rings. The molecule has 0 unspecified atom stereocenters. The van der Waals surface area contributed by atoms with Crippen LogP contribution in [0.4, 0.5) is 65.7 Å². The van der Waals surface area contributed by atoms with Crippen molar-refractivity contribution in [1.82, 2.24) is 32.5 Å². The summed E-state index contributed by atoms with van der Waals surface area (Å²) in [4.78, 5) is 74.7. The van der Waals surface area contributed by atoms with E-state index in [1.807, 2.05) is 57.4 Å². The minimum absolute atomic E-state index is 0.00463. The van der Waals surface area contributed by atoms with Crippen molar-refractivity contribution < 1.29 is 104 Å². The second-order valence-electron chi connectivity index (χ2n) is 29.3. The van der Waals surface area contributed by atoms with Crippen molar-refractivity contribution in [3.8, 4) is 40.2 Å². The summed E-state index contributed by atoms with van der Waals surface area (Å²) in [5, 5.41) is 17.2. The summed E-state index contributed by atoms with van der Waals surface area (Å²) < 4.78 is 190. The Bertz CT molecular complexity index is 6480. The summed E-state index contributed by atoms with van der Waals surface area (Å²) in [6.45, 7) is 6.52. The summed E-state index contributed by atoms with van der Waals surface area (Å²) in [7, 11) is -6.60. The van der Waals surface area contributed by atoms with Gasteiger partial charge in [-0.25, -0.2) is 77.4 Å². The lowest BCUT2D eigenvalue weighted by atomic mass is 10.1. The molecular weight excluding hydrogens is 2050 g/mol. The molecule has 1 aliphatic carbocycles. The number of amides is 2. The molecule has 6 N–H and O–H groups in total. The van der Waals surface area contributed by atoms with E-state index < -0.39 is 91.7 Å². The number of carbonyl (C=O) groups excluding carboxylic acids is 3. The molecule has 0 radical (unpaired) electrons. The van der Waals surface area contributed by atoms with Crippen LogP contribution < -0.4 is 25.7 Å². The van der Waals surface area contributed by atoms with Crippen LogP contribution in [0, 0.1) is 26.8 Å². The van der Waals surface area contributed by atoms with Gasteiger partial charge in [0.15, 0.2) is 0 Å². The molecule has 49 heteroatoms. The van der Waals surface area contributed by atoms with Crippen molar-refractivity contribution in [1.29, 1.82) is 0 Å². The molecule has 11 aliphatic heterocycles. The Morgan fingerprint density at radius 2 is 0.842 bits per heavy atom. The number of carbonyl (C=O) groups is 2. The predicted molar refractivity (Wildman–Crippen MR) is 504 cm³/mol. The number of nitrogen functional groups attached to an aromatic ring is 2. The summed E-state index contributed by atoms with van der Waals surface area (Å²) in [6, 6.07) is 38.2. The zero-order valence-electron chi connectivity index (χ0n) is 70.0. The van der Waals surface area contributed by atoms with E-state index in [0.29, 0.717) is 55.8 Å². The maximum Gasteiger partial charge on any atom is 0.424 e. The number of aliphatic hydroxyl groups excluding tert-OH is 1. The monoisotopic (exact) mass is 2130 g/mol. The highest BCUT2D eigenvalue weighted by Crippen LogP contribution is 2.38. The molecule has 3 saturated heterocycles. The molecule has 2 amide bonds. The standard InChI is InChI=1S/C21H20F2N4O3S.C20H17FN4O5S.C16H13FN4O.C10H8IN3.C6H6FNO.C5H10.C3H4ClNO4S.C2H5BrO.CClNO3S/c22-15-5-7-27(11-15)31(28,29)12-14-9-16(1-3-19(14)23)30-17-2-4-20-18(10-17)21-24-6-8-26(21)13-25-20;21-17-3-1-14(9-13(17)11-31(27,28)25-7-8-29-20(25)26)30-15-2-4-18-16(10-15)19-22-5-6-24(19)12-23-18;17-13-3-1-11(8-14(13)18)22-10-2-4-15-12(7-10)16-19-5-6-21(16)9-20-15;11-7-1-2-9-8(5-7)10-12-3-4-14(10)6-13-9;7-5-2-1-4(9)3-6(5)8;1-2-4-5-3-1;4-10(7,8)5-1-2-9-3(5)6;3-1-2-4;2-7(5,6)3-1-4/h1-4,9-10,13,15H,5-8,11-12H2;1-4,9-10,12H,5-8,11H2;1-4,7-9H,5-6,18H2;1-2,5-6H,3-4H2;1-3,9H,8H2;1-5H2;1-2H2;4H,1-2H2;/t15-;;;;;;;;/m1......../s1. The number of cyclic esters (lactones) is 2. The van der Waals surface area contributed by atoms with Gasteiger partial charge in [-0.15, -0.1) is 0 Å². The van der Waals surface area contributed by atoms with Gasteiger partial charge < -0.3 is 65.0 Å². The third-order valence-electron chi connectivity index (χ3n) is 20.0. The molecular formula is C84H83BrCl2F5IN18O18S4. The van der Waals surface area contributed by atoms with Gasteiger partial charge in [-0.3, -0.25) is 20.0 Å². The van der Waals surface area contributed by atoms with Gasteiger partial charge in [-0.2, -0.15) is 25.4 Å². The molecule has 133 heavy (non-hydrogen) atoms. The Morgan fingerprint density at radius 1 is 0.489 bits per heavy atom. The van der Waals surface area contributed by atoms with Gasteiger partial charge >= 0.3 is 30.7 Å². The van der Waals surface area contributed by atoms with E-state index in [9.17, 15) is 65.2 Å². The maximum atomic E-state index is 14.3. The molecule has 20 rings (SSSR count). The number of halogens is 9. The van der Waals surface area contributed by atoms with E-state index in [-0.39, 0.29) is 86.4 Å². The van der Waals surface area contributed by atoms with Crippen LogP contribution in [0.15, 0.2) is 190 Å². The zero-order chi connectivity index (χ0) is 95.3. The van der Waals surface area contributed by atoms with Gasteiger partial charge in [-0.05, 0) is 162 Å². The number of hydrogen-bond acceptors (Lipinski definition) is 32. The number of amidine groups is 4. The van der Waals surface area contributed by atoms with E-state index in [0.717, 1.165) is 136 Å². The fourth-order valence-corrected chi connectivity index (χ4v) is 18.3. The van der Waals surface area contributed by atoms with Crippen molar-refractivity contribution >= 4 is 199 Å². The highest BCUT2D eigenvalue weighted by molar-refractivity contribution is 14.1. The van der Waals surface area contributed by atoms with Crippen LogP contribution in [0.25, 0.3) is 0 Å². The topological polar surface area (TPSA) is 460 Å². The predicted octanol–water partition coefficient (Wildman–Crippen LogP) is 14.0. The Balaban J connectivity index is 0.000000145. The summed E-state index contributed by atoms with van der Waals surface area (Å²) >= 11 is 5.31. The van der Waals surface area contributed by atoms with Crippen molar-refractivity contribution in [2.75, 3.05) is 115 Å². The van der Waals surface area contributed by atoms with E-state index in [1.54, 1.807) is 49.3 Å². The molecule has 11 heterocycles. The van der Waals surface area contributed by atoms with E-state index >= 15 is 0 Å². The largest absolute Gasteiger partial charge is 0.508 e. The van der Waals surface area contributed by atoms with Crippen LogP contribution in [-0.4, -0.2) is 253 Å². The zero-order valence-corrected chi connectivity index (χ0v) is 78.5. The number of phenols is 1. The van der Waals surface area contributed by atoms with Gasteiger partial charge in [0.25, 0.3) is 6.08 Å². The second kappa shape index (κ2) is 45.8. The number of hydrogen-bond donors (Lipinski definition) is 4. The fourth-order valence-electron chi connectivity index (χ4n) is 13.8. The maximum absolute atomic E-state index is 14.3. The lowest BCUT2D eigenvalue weighted by molar-refractivity contribution is 0.169. The van der Waals surface area contributed by atoms with E-state index in [4.69, 9.17) is 51.4 Å². The van der Waals surface area contributed by atoms with Crippen LogP contribution in [-0.2, 0) is 64.3 Å². The van der Waals surface area contributed by atoms with Crippen LogP contribution in [0.1, 0.15) is 71.9 Å². The molecule has 4 fully saturated rings. The number of benzene rings is 8. The minimum atomic E-state index is -4.07. The van der Waals surface area contributed by atoms with Gasteiger partial charge in [0.05, 0.1) is 117 Å². The summed E-state index contributed by atoms with van der Waals surface area (Å²) in [5.74, 6) is 2.75. The number of fused-ring (bicyclic) bond motifs is 12. The van der Waals surface area contributed by atoms with Gasteiger partial charge in [0.2, 0.25) is 20.0 Å². The first-order chi connectivity index (χ1) is 63.5. The van der Waals surface area contributed by atoms with Crippen molar-refractivity contribution in [3.63, 3.8) is 0 Å². The number of aliphatic imine (C=N–C) groups is 8. The molecule has 0 bridgehead atoms. The van der Waals surface area contributed by atoms with Gasteiger partial charge in [0, 0.05) is 115 Å². The SMILES string of the molecule is C1CCCC1.Ic1ccc2c(c1)C1=NCCN1C=N2.Nc1cc(O)ccc1F.Nc1cc(Oc2ccc3c(c2)C2=NCCN2C=N3)ccc1F.O=C1OCCN1S(=O)(=O)Cc1cc(Oc2ccc3c(c2)C2=NCCN2C=N3)ccc1F.O=C1OCCN1S(=O)(=O)Cl.O=C=NS(=O)(=O)Cl.O=S(=O)(Cc1cc(Oc2ccc3c(c2)C2=NCCN2C=N3)ccc1F)N1CC[C@@H](F)C1.OCCBr. The molecule has 8 aromatic carbocycles. The number of anilines is 2. The first kappa shape index (κ1) is 100. The smallest absolute Gasteiger partial charge is 0.424 e. The Hall–Kier alpha value is -11.8. The second-order valence-corrected chi connectivity index (χ2v) is 39.8.